The molecule has 0 atom stereocenters. The van der Waals surface area contributed by atoms with E-state index in [1.165, 1.54) is 7.11 Å². The number of hydrogen-bond acceptors (Lipinski definition) is 3. The fourth-order valence-electron chi connectivity index (χ4n) is 0.942. The van der Waals surface area contributed by atoms with Crippen LogP contribution < -0.4 is 4.74 Å². The molecule has 0 N–H and O–H groups in total. The summed E-state index contributed by atoms with van der Waals surface area (Å²) in [7, 11) is 1.26. The van der Waals surface area contributed by atoms with Crippen LogP contribution in [0.1, 0.15) is 17.7 Å². The van der Waals surface area contributed by atoms with Crippen LogP contribution in [-0.4, -0.2) is 12.1 Å². The lowest BCUT2D eigenvalue weighted by atomic mass is 10.2. The van der Waals surface area contributed by atoms with E-state index in [0.29, 0.717) is 0 Å². The summed E-state index contributed by atoms with van der Waals surface area (Å²) >= 11 is 2.95. The predicted octanol–water partition coefficient (Wildman–Crippen LogP) is 2.66. The number of rotatable bonds is 2. The molecule has 6 heteroatoms. The van der Waals surface area contributed by atoms with E-state index in [1.807, 2.05) is 0 Å². The Morgan fingerprint density at radius 2 is 2.29 bits per heavy atom. The van der Waals surface area contributed by atoms with E-state index in [1.54, 1.807) is 6.07 Å². The summed E-state index contributed by atoms with van der Waals surface area (Å²) in [5.74, 6) is -0.0426. The van der Waals surface area contributed by atoms with Crippen molar-refractivity contribution in [1.29, 1.82) is 5.26 Å². The minimum Gasteiger partial charge on any atom is -0.493 e. The van der Waals surface area contributed by atoms with E-state index in [4.69, 9.17) is 10.00 Å². The lowest BCUT2D eigenvalue weighted by Gasteiger charge is -2.08. The normalized spacial score (nSPS) is 10.0. The Hall–Kier alpha value is -1.22. The van der Waals surface area contributed by atoms with Crippen molar-refractivity contribution in [3.05, 3.63) is 21.9 Å². The molecule has 0 saturated heterocycles. The first-order valence-corrected chi connectivity index (χ1v) is 4.32. The molecule has 0 unspecified atom stereocenters. The van der Waals surface area contributed by atoms with E-state index in [0.717, 1.165) is 6.07 Å². The van der Waals surface area contributed by atoms with Gasteiger partial charge in [-0.3, -0.25) is 0 Å². The molecule has 0 amide bonds. The quantitative estimate of drug-likeness (QED) is 0.770. The SMILES string of the molecule is COc1c(C(F)F)cc(C#N)nc1Br. The van der Waals surface area contributed by atoms with Crippen molar-refractivity contribution >= 4 is 15.9 Å². The zero-order chi connectivity index (χ0) is 10.7. The second kappa shape index (κ2) is 4.33. The maximum atomic E-state index is 12.5. The highest BCUT2D eigenvalue weighted by atomic mass is 79.9. The third-order valence-corrected chi connectivity index (χ3v) is 2.05. The number of methoxy groups -OCH3 is 1. The molecule has 0 aliphatic rings. The van der Waals surface area contributed by atoms with Crippen LogP contribution in [-0.2, 0) is 0 Å². The van der Waals surface area contributed by atoms with E-state index in [2.05, 4.69) is 20.9 Å². The monoisotopic (exact) mass is 262 g/mol. The lowest BCUT2D eigenvalue weighted by Crippen LogP contribution is -1.97. The van der Waals surface area contributed by atoms with Gasteiger partial charge in [-0.2, -0.15) is 5.26 Å². The molecule has 0 radical (unpaired) electrons. The largest absolute Gasteiger partial charge is 0.493 e. The number of alkyl halides is 2. The number of ether oxygens (including phenoxy) is 1. The first-order valence-electron chi connectivity index (χ1n) is 3.52. The third-order valence-electron chi connectivity index (χ3n) is 1.51. The Balaban J connectivity index is 3.37. The summed E-state index contributed by atoms with van der Waals surface area (Å²) in [5.41, 5.74) is -0.418. The molecule has 1 aromatic heterocycles. The van der Waals surface area contributed by atoms with Crippen molar-refractivity contribution in [3.63, 3.8) is 0 Å². The van der Waals surface area contributed by atoms with Gasteiger partial charge in [0.25, 0.3) is 6.43 Å². The fourth-order valence-corrected chi connectivity index (χ4v) is 1.52. The molecule has 1 heterocycles. The Morgan fingerprint density at radius 1 is 1.64 bits per heavy atom. The Kier molecular flexibility index (Phi) is 3.36. The van der Waals surface area contributed by atoms with E-state index < -0.39 is 6.43 Å². The first kappa shape index (κ1) is 10.9. The molecule has 0 saturated carbocycles. The molecule has 0 aliphatic heterocycles. The molecule has 3 nitrogen and oxygen atoms in total. The maximum absolute atomic E-state index is 12.5. The number of pyridine rings is 1. The minimum atomic E-state index is -2.70. The highest BCUT2D eigenvalue weighted by Crippen LogP contribution is 2.34. The van der Waals surface area contributed by atoms with Crippen LogP contribution in [0.25, 0.3) is 0 Å². The number of halogens is 3. The Morgan fingerprint density at radius 3 is 2.71 bits per heavy atom. The summed E-state index contributed by atoms with van der Waals surface area (Å²) in [6.07, 6.45) is -2.70. The van der Waals surface area contributed by atoms with Crippen molar-refractivity contribution in [1.82, 2.24) is 4.98 Å². The Labute approximate surface area is 87.5 Å². The van der Waals surface area contributed by atoms with E-state index in [9.17, 15) is 8.78 Å². The van der Waals surface area contributed by atoms with Crippen LogP contribution in [0.5, 0.6) is 5.75 Å². The van der Waals surface area contributed by atoms with Gasteiger partial charge >= 0.3 is 0 Å². The second-order valence-electron chi connectivity index (χ2n) is 2.33. The van der Waals surface area contributed by atoms with Gasteiger partial charge in [0.15, 0.2) is 5.75 Å². The van der Waals surface area contributed by atoms with Gasteiger partial charge in [0.1, 0.15) is 16.4 Å². The average molecular weight is 263 g/mol. The van der Waals surface area contributed by atoms with Crippen LogP contribution >= 0.6 is 15.9 Å². The molecular weight excluding hydrogens is 258 g/mol. The van der Waals surface area contributed by atoms with Gasteiger partial charge in [-0.1, -0.05) is 0 Å². The van der Waals surface area contributed by atoms with Gasteiger partial charge in [-0.05, 0) is 22.0 Å². The van der Waals surface area contributed by atoms with Crippen molar-refractivity contribution in [3.8, 4) is 11.8 Å². The molecule has 1 rings (SSSR count). The van der Waals surface area contributed by atoms with Crippen molar-refractivity contribution in [2.24, 2.45) is 0 Å². The molecule has 0 aromatic carbocycles. The van der Waals surface area contributed by atoms with Crippen LogP contribution in [0, 0.1) is 11.3 Å². The second-order valence-corrected chi connectivity index (χ2v) is 3.08. The summed E-state index contributed by atoms with van der Waals surface area (Å²) in [4.78, 5) is 3.70. The molecule has 74 valence electrons. The van der Waals surface area contributed by atoms with E-state index in [-0.39, 0.29) is 21.6 Å². The summed E-state index contributed by atoms with van der Waals surface area (Å²) < 4.78 is 29.8. The molecule has 0 bridgehead atoms. The van der Waals surface area contributed by atoms with Crippen LogP contribution in [0.15, 0.2) is 10.7 Å². The molecule has 14 heavy (non-hydrogen) atoms. The fraction of sp³-hybridized carbons (Fsp3) is 0.250. The number of nitriles is 1. The lowest BCUT2D eigenvalue weighted by molar-refractivity contribution is 0.146. The molecule has 0 spiro atoms. The maximum Gasteiger partial charge on any atom is 0.267 e. The van der Waals surface area contributed by atoms with Gasteiger partial charge < -0.3 is 4.74 Å². The zero-order valence-electron chi connectivity index (χ0n) is 7.09. The number of nitrogens with zero attached hydrogens (tertiary/aromatic N) is 2. The van der Waals surface area contributed by atoms with Gasteiger partial charge in [0, 0.05) is 0 Å². The van der Waals surface area contributed by atoms with Gasteiger partial charge in [-0.25, -0.2) is 13.8 Å². The topological polar surface area (TPSA) is 45.9 Å². The van der Waals surface area contributed by atoms with E-state index >= 15 is 0 Å². The molecule has 0 fully saturated rings. The summed E-state index contributed by atoms with van der Waals surface area (Å²) in [6.45, 7) is 0. The molecule has 1 aromatic rings. The predicted molar refractivity (Wildman–Crippen MR) is 48.2 cm³/mol. The zero-order valence-corrected chi connectivity index (χ0v) is 8.68. The first-order chi connectivity index (χ1) is 6.60. The summed E-state index contributed by atoms with van der Waals surface area (Å²) in [6, 6.07) is 2.69. The van der Waals surface area contributed by atoms with Crippen LogP contribution in [0.4, 0.5) is 8.78 Å². The van der Waals surface area contributed by atoms with Gasteiger partial charge in [0.2, 0.25) is 0 Å². The van der Waals surface area contributed by atoms with Crippen LogP contribution in [0.3, 0.4) is 0 Å². The van der Waals surface area contributed by atoms with Crippen molar-refractivity contribution < 1.29 is 13.5 Å². The van der Waals surface area contributed by atoms with Crippen molar-refractivity contribution in [2.45, 2.75) is 6.43 Å². The van der Waals surface area contributed by atoms with Crippen molar-refractivity contribution in [2.75, 3.05) is 7.11 Å². The van der Waals surface area contributed by atoms with Gasteiger partial charge in [-0.15, -0.1) is 0 Å². The highest BCUT2D eigenvalue weighted by molar-refractivity contribution is 9.10. The highest BCUT2D eigenvalue weighted by Gasteiger charge is 2.18. The summed E-state index contributed by atoms with van der Waals surface area (Å²) in [5, 5.41) is 8.51. The molecule has 0 aliphatic carbocycles. The smallest absolute Gasteiger partial charge is 0.267 e. The average Bonchev–Trinajstić information content (AvgIpc) is 2.16. The van der Waals surface area contributed by atoms with Gasteiger partial charge in [0.05, 0.1) is 12.7 Å². The molecular formula is C8H5BrF2N2O. The number of hydrogen-bond donors (Lipinski definition) is 0. The van der Waals surface area contributed by atoms with Crippen LogP contribution in [0.2, 0.25) is 0 Å². The minimum absolute atomic E-state index is 0.0426. The third kappa shape index (κ3) is 1.99. The standard InChI is InChI=1S/C8H5BrF2N2O/c1-14-6-5(8(10)11)2-4(3-12)13-7(6)9/h2,8H,1H3. The number of aromatic nitrogens is 1. The Bertz CT molecular complexity index is 390.